The fourth-order valence-electron chi connectivity index (χ4n) is 7.38. The van der Waals surface area contributed by atoms with Crippen LogP contribution in [0, 0.1) is 46.8 Å². The van der Waals surface area contributed by atoms with Crippen molar-refractivity contribution in [2.75, 3.05) is 0 Å². The second-order valence-corrected chi connectivity index (χ2v) is 9.56. The van der Waals surface area contributed by atoms with Crippen molar-refractivity contribution < 1.29 is 23.9 Å². The van der Waals surface area contributed by atoms with E-state index in [4.69, 9.17) is 4.74 Å². The minimum Gasteiger partial charge on any atom is -0.461 e. The summed E-state index contributed by atoms with van der Waals surface area (Å²) in [6.07, 6.45) is 6.75. The lowest BCUT2D eigenvalue weighted by molar-refractivity contribution is -0.213. The van der Waals surface area contributed by atoms with Crippen molar-refractivity contribution in [2.24, 2.45) is 46.8 Å². The summed E-state index contributed by atoms with van der Waals surface area (Å²) in [6, 6.07) is 0. The average Bonchev–Trinajstić information content (AvgIpc) is 2.88. The Balaban J connectivity index is 1.65. The molecule has 2 aliphatic heterocycles. The van der Waals surface area contributed by atoms with Gasteiger partial charge in [0.15, 0.2) is 5.78 Å². The molecule has 1 spiro atoms. The van der Waals surface area contributed by atoms with Gasteiger partial charge in [0, 0.05) is 24.7 Å². The molecule has 144 valence electrons. The number of rotatable bonds is 2. The lowest BCUT2D eigenvalue weighted by Gasteiger charge is -2.60. The summed E-state index contributed by atoms with van der Waals surface area (Å²) in [6.45, 7) is 3.51. The Morgan fingerprint density at radius 2 is 1.96 bits per heavy atom. The third-order valence-electron chi connectivity index (χ3n) is 8.25. The minimum atomic E-state index is -1.16. The Bertz CT molecular complexity index is 762. The number of fused-ring (bicyclic) bond motifs is 5. The summed E-state index contributed by atoms with van der Waals surface area (Å²) in [5, 5.41) is 0. The molecule has 5 heteroatoms. The monoisotopic (exact) mass is 370 g/mol. The molecule has 5 unspecified atom stereocenters. The maximum Gasteiger partial charge on any atom is 0.320 e. The van der Waals surface area contributed by atoms with Crippen molar-refractivity contribution in [2.45, 2.75) is 52.1 Å². The number of hydrogen-bond donors (Lipinski definition) is 0. The summed E-state index contributed by atoms with van der Waals surface area (Å²) < 4.78 is 5.61. The van der Waals surface area contributed by atoms with Crippen molar-refractivity contribution in [3.63, 3.8) is 0 Å². The first-order valence-electron chi connectivity index (χ1n) is 10.3. The molecule has 2 heterocycles. The highest BCUT2D eigenvalue weighted by molar-refractivity contribution is 6.08. The van der Waals surface area contributed by atoms with Crippen LogP contribution in [0.5, 0.6) is 0 Å². The van der Waals surface area contributed by atoms with Crippen molar-refractivity contribution in [3.05, 3.63) is 12.2 Å². The fraction of sp³-hybridized carbons (Fsp3) is 0.727. The van der Waals surface area contributed by atoms with Crippen LogP contribution in [0.1, 0.15) is 46.0 Å². The quantitative estimate of drug-likeness (QED) is 0.424. The van der Waals surface area contributed by atoms with Crippen LogP contribution < -0.4 is 0 Å². The van der Waals surface area contributed by atoms with Crippen LogP contribution in [-0.4, -0.2) is 29.4 Å². The van der Waals surface area contributed by atoms with Crippen LogP contribution in [0.2, 0.25) is 0 Å². The molecule has 2 bridgehead atoms. The lowest BCUT2D eigenvalue weighted by Crippen LogP contribution is -2.67. The van der Waals surface area contributed by atoms with Gasteiger partial charge in [-0.3, -0.25) is 14.4 Å². The van der Waals surface area contributed by atoms with Gasteiger partial charge < -0.3 is 9.53 Å². The van der Waals surface area contributed by atoms with Gasteiger partial charge in [-0.1, -0.05) is 19.1 Å². The van der Waals surface area contributed by atoms with E-state index in [9.17, 15) is 19.2 Å². The topological polar surface area (TPSA) is 77.5 Å². The van der Waals surface area contributed by atoms with Gasteiger partial charge in [-0.15, -0.1) is 0 Å². The van der Waals surface area contributed by atoms with E-state index < -0.39 is 11.4 Å². The Kier molecular flexibility index (Phi) is 3.60. The SMILES string of the molecule is CC(=O)CC1C2C3CC(C)C(=O)[C@H]3C=C[C@H]2CC2C[C@H]3CC(=O)[C@@]21C(=O)O3. The number of ether oxygens (including phenoxy) is 1. The fourth-order valence-corrected chi connectivity index (χ4v) is 7.38. The molecule has 0 aromatic carbocycles. The van der Waals surface area contributed by atoms with Crippen molar-refractivity contribution in [1.82, 2.24) is 0 Å². The van der Waals surface area contributed by atoms with Gasteiger partial charge in [0.05, 0.1) is 0 Å². The number of Topliss-reactive ketones (excluding diaryl/α,β-unsaturated/α-hetero) is 3. The first kappa shape index (κ1) is 17.3. The molecule has 0 aromatic heterocycles. The van der Waals surface area contributed by atoms with Crippen LogP contribution >= 0.6 is 0 Å². The number of carbonyl (C=O) groups is 4. The third kappa shape index (κ3) is 2.11. The molecule has 0 N–H and O–H groups in total. The van der Waals surface area contributed by atoms with Gasteiger partial charge in [-0.25, -0.2) is 0 Å². The molecule has 0 amide bonds. The molecule has 5 fully saturated rings. The average molecular weight is 370 g/mol. The van der Waals surface area contributed by atoms with E-state index >= 15 is 0 Å². The Hall–Kier alpha value is -1.78. The minimum absolute atomic E-state index is 0.00125. The zero-order chi connectivity index (χ0) is 19.1. The van der Waals surface area contributed by atoms with Gasteiger partial charge in [-0.05, 0) is 55.8 Å². The molecule has 3 saturated carbocycles. The standard InChI is InChI=1S/C22H26O5/c1-10-5-16-15(20(10)25)4-3-12-7-13-8-14-9-18(24)22(13,21(26)27-14)17(19(12)16)6-11(2)23/h3-4,10,12-17,19H,5-9H2,1-2H3/t10?,12-,13?,14-,15-,16?,17?,19?,22+/m0/s1. The number of hydrogen-bond acceptors (Lipinski definition) is 5. The Morgan fingerprint density at radius 1 is 1.19 bits per heavy atom. The van der Waals surface area contributed by atoms with E-state index in [0.717, 1.165) is 19.3 Å². The highest BCUT2D eigenvalue weighted by Crippen LogP contribution is 2.64. The molecule has 27 heavy (non-hydrogen) atoms. The van der Waals surface area contributed by atoms with E-state index in [1.165, 1.54) is 6.92 Å². The van der Waals surface area contributed by atoms with Crippen LogP contribution in [0.25, 0.3) is 0 Å². The first-order valence-corrected chi connectivity index (χ1v) is 10.3. The molecule has 6 rings (SSSR count). The zero-order valence-corrected chi connectivity index (χ0v) is 15.9. The van der Waals surface area contributed by atoms with Crippen molar-refractivity contribution >= 4 is 23.3 Å². The van der Waals surface area contributed by atoms with E-state index in [1.807, 2.05) is 6.92 Å². The van der Waals surface area contributed by atoms with Gasteiger partial charge in [0.1, 0.15) is 23.1 Å². The second kappa shape index (κ2) is 5.62. The van der Waals surface area contributed by atoms with Crippen LogP contribution in [0.3, 0.4) is 0 Å². The normalized spacial score (nSPS) is 50.1. The Labute approximate surface area is 158 Å². The molecule has 0 aromatic rings. The smallest absolute Gasteiger partial charge is 0.320 e. The molecule has 5 nitrogen and oxygen atoms in total. The van der Waals surface area contributed by atoms with Crippen LogP contribution in [0.4, 0.5) is 0 Å². The molecular weight excluding hydrogens is 344 g/mol. The summed E-state index contributed by atoms with van der Waals surface area (Å²) in [4.78, 5) is 51.1. The van der Waals surface area contributed by atoms with Crippen molar-refractivity contribution in [3.8, 4) is 0 Å². The number of ketones is 3. The zero-order valence-electron chi connectivity index (χ0n) is 15.9. The first-order chi connectivity index (χ1) is 12.8. The van der Waals surface area contributed by atoms with Crippen LogP contribution in [0.15, 0.2) is 12.2 Å². The van der Waals surface area contributed by atoms with E-state index in [0.29, 0.717) is 0 Å². The number of allylic oxidation sites excluding steroid dienone is 2. The third-order valence-corrected chi connectivity index (χ3v) is 8.25. The summed E-state index contributed by atoms with van der Waals surface area (Å²) >= 11 is 0. The highest BCUT2D eigenvalue weighted by atomic mass is 16.5. The largest absolute Gasteiger partial charge is 0.461 e. The van der Waals surface area contributed by atoms with Gasteiger partial charge in [-0.2, -0.15) is 0 Å². The highest BCUT2D eigenvalue weighted by Gasteiger charge is 2.70. The van der Waals surface area contributed by atoms with Crippen LogP contribution in [-0.2, 0) is 23.9 Å². The van der Waals surface area contributed by atoms with E-state index in [-0.39, 0.29) is 77.7 Å². The maximum absolute atomic E-state index is 13.2. The predicted octanol–water partition coefficient (Wildman–Crippen LogP) is 2.52. The van der Waals surface area contributed by atoms with Gasteiger partial charge in [0.2, 0.25) is 0 Å². The second-order valence-electron chi connectivity index (χ2n) is 9.56. The summed E-state index contributed by atoms with van der Waals surface area (Å²) in [7, 11) is 0. The summed E-state index contributed by atoms with van der Waals surface area (Å²) in [5.74, 6) is -0.256. The summed E-state index contributed by atoms with van der Waals surface area (Å²) in [5.41, 5.74) is -1.16. The number of carbonyl (C=O) groups excluding carboxylic acids is 4. The number of esters is 1. The predicted molar refractivity (Wildman–Crippen MR) is 95.3 cm³/mol. The van der Waals surface area contributed by atoms with Gasteiger partial charge in [0.25, 0.3) is 0 Å². The van der Waals surface area contributed by atoms with Gasteiger partial charge >= 0.3 is 5.97 Å². The lowest BCUT2D eigenvalue weighted by atomic mass is 9.43. The molecular formula is C22H26O5. The molecule has 0 radical (unpaired) electrons. The molecule has 6 aliphatic rings. The molecule has 2 saturated heterocycles. The van der Waals surface area contributed by atoms with Crippen molar-refractivity contribution in [1.29, 1.82) is 0 Å². The molecule has 4 aliphatic carbocycles. The maximum atomic E-state index is 13.2. The van der Waals surface area contributed by atoms with E-state index in [1.54, 1.807) is 0 Å². The molecule has 9 atom stereocenters. The Morgan fingerprint density at radius 3 is 2.67 bits per heavy atom. The van der Waals surface area contributed by atoms with E-state index in [2.05, 4.69) is 12.2 Å².